The first-order valence-electron chi connectivity index (χ1n) is 6.57. The molecule has 0 fully saturated rings. The van der Waals surface area contributed by atoms with Gasteiger partial charge in [-0.15, -0.1) is 0 Å². The Morgan fingerprint density at radius 2 is 1.83 bits per heavy atom. The summed E-state index contributed by atoms with van der Waals surface area (Å²) in [4.78, 5) is 14.8. The number of carbonyl (C=O) groups is 1. The third-order valence-corrected chi connectivity index (χ3v) is 4.19. The number of ether oxygens (including phenoxy) is 1. The Hall–Kier alpha value is -2.02. The van der Waals surface area contributed by atoms with Crippen molar-refractivity contribution in [2.24, 2.45) is 5.10 Å². The number of rotatable bonds is 5. The van der Waals surface area contributed by atoms with Crippen LogP contribution in [0, 0.1) is 0 Å². The molecular formula is C15H12Cl3N3O3. The van der Waals surface area contributed by atoms with E-state index in [1.807, 2.05) is 12.1 Å². The maximum atomic E-state index is 11.1. The summed E-state index contributed by atoms with van der Waals surface area (Å²) >= 11 is 17.9. The Morgan fingerprint density at radius 1 is 1.21 bits per heavy atom. The highest BCUT2D eigenvalue weighted by Gasteiger charge is 2.20. The number of nitrogens with one attached hydrogen (secondary N) is 1. The molecule has 0 aliphatic carbocycles. The van der Waals surface area contributed by atoms with Gasteiger partial charge in [-0.3, -0.25) is 5.43 Å². The molecule has 2 rings (SSSR count). The molecule has 0 atom stereocenters. The van der Waals surface area contributed by atoms with Crippen LogP contribution in [0.1, 0.15) is 23.0 Å². The fraction of sp³-hybridized carbons (Fsp3) is 0.133. The molecule has 0 radical (unpaired) electrons. The van der Waals surface area contributed by atoms with Crippen LogP contribution in [0.3, 0.4) is 0 Å². The average Bonchev–Trinajstić information content (AvgIpc) is 2.57. The van der Waals surface area contributed by atoms with Crippen molar-refractivity contribution >= 4 is 52.2 Å². The van der Waals surface area contributed by atoms with Crippen LogP contribution in [0.15, 0.2) is 29.4 Å². The minimum Gasteiger partial charge on any atom is -0.497 e. The maximum Gasteiger partial charge on any atom is 0.356 e. The maximum absolute atomic E-state index is 11.1. The van der Waals surface area contributed by atoms with Gasteiger partial charge in [-0.25, -0.2) is 9.78 Å². The summed E-state index contributed by atoms with van der Waals surface area (Å²) in [5, 5.41) is 12.9. The summed E-state index contributed by atoms with van der Waals surface area (Å²) < 4.78 is 5.09. The number of aromatic carboxylic acids is 1. The number of anilines is 1. The lowest BCUT2D eigenvalue weighted by Crippen LogP contribution is -2.06. The standard InChI is InChI=1S/C15H12Cl3N3O3/c1-7(8-3-5-9(24-2)6-4-8)20-21-12-10(16)13(15(22)23)19-14(18)11(12)17/h3-6H,1-2H3,(H,19,21)(H,22,23). The lowest BCUT2D eigenvalue weighted by Gasteiger charge is -2.10. The van der Waals surface area contributed by atoms with Crippen molar-refractivity contribution in [1.82, 2.24) is 4.98 Å². The van der Waals surface area contributed by atoms with Gasteiger partial charge in [0.1, 0.15) is 15.8 Å². The zero-order chi connectivity index (χ0) is 17.9. The number of carboxylic acid groups (broad SMARTS) is 1. The summed E-state index contributed by atoms with van der Waals surface area (Å²) in [5.41, 5.74) is 3.76. The molecule has 1 heterocycles. The van der Waals surface area contributed by atoms with E-state index in [0.717, 1.165) is 11.3 Å². The van der Waals surface area contributed by atoms with Crippen LogP contribution in [-0.2, 0) is 0 Å². The lowest BCUT2D eigenvalue weighted by atomic mass is 10.1. The fourth-order valence-corrected chi connectivity index (χ4v) is 2.46. The quantitative estimate of drug-likeness (QED) is 0.445. The highest BCUT2D eigenvalue weighted by Crippen LogP contribution is 2.36. The van der Waals surface area contributed by atoms with Gasteiger partial charge in [-0.1, -0.05) is 34.8 Å². The van der Waals surface area contributed by atoms with Crippen LogP contribution in [0.2, 0.25) is 15.2 Å². The van der Waals surface area contributed by atoms with Gasteiger partial charge >= 0.3 is 5.97 Å². The van der Waals surface area contributed by atoms with Crippen molar-refractivity contribution in [2.45, 2.75) is 6.92 Å². The van der Waals surface area contributed by atoms with E-state index >= 15 is 0 Å². The monoisotopic (exact) mass is 387 g/mol. The van der Waals surface area contributed by atoms with Crippen LogP contribution in [0.5, 0.6) is 5.75 Å². The molecule has 1 aromatic heterocycles. The highest BCUT2D eigenvalue weighted by atomic mass is 35.5. The molecule has 0 aliphatic heterocycles. The number of methoxy groups -OCH3 is 1. The van der Waals surface area contributed by atoms with Gasteiger partial charge in [0, 0.05) is 0 Å². The van der Waals surface area contributed by atoms with E-state index in [1.54, 1.807) is 26.2 Å². The molecule has 0 unspecified atom stereocenters. The Bertz CT molecular complexity index is 808. The molecule has 24 heavy (non-hydrogen) atoms. The zero-order valence-corrected chi connectivity index (χ0v) is 14.9. The molecule has 0 amide bonds. The molecule has 0 spiro atoms. The van der Waals surface area contributed by atoms with Crippen molar-refractivity contribution in [3.05, 3.63) is 50.7 Å². The first-order valence-corrected chi connectivity index (χ1v) is 7.71. The summed E-state index contributed by atoms with van der Waals surface area (Å²) in [6.07, 6.45) is 0. The van der Waals surface area contributed by atoms with Crippen molar-refractivity contribution in [3.8, 4) is 5.75 Å². The second kappa shape index (κ2) is 7.70. The van der Waals surface area contributed by atoms with Crippen LogP contribution in [0.25, 0.3) is 0 Å². The minimum atomic E-state index is -1.32. The van der Waals surface area contributed by atoms with Gasteiger partial charge in [-0.2, -0.15) is 5.10 Å². The number of aromatic nitrogens is 1. The smallest absolute Gasteiger partial charge is 0.356 e. The Kier molecular flexibility index (Phi) is 5.88. The topological polar surface area (TPSA) is 83.8 Å². The number of carboxylic acids is 1. The first-order chi connectivity index (χ1) is 11.3. The summed E-state index contributed by atoms with van der Waals surface area (Å²) in [6.45, 7) is 1.76. The summed E-state index contributed by atoms with van der Waals surface area (Å²) in [5.74, 6) is -0.602. The van der Waals surface area contributed by atoms with E-state index in [9.17, 15) is 4.79 Å². The van der Waals surface area contributed by atoms with Gasteiger partial charge in [0.25, 0.3) is 0 Å². The van der Waals surface area contributed by atoms with E-state index in [1.165, 1.54) is 0 Å². The molecular weight excluding hydrogens is 377 g/mol. The molecule has 1 aromatic carbocycles. The average molecular weight is 389 g/mol. The Labute approximate surface area is 153 Å². The largest absolute Gasteiger partial charge is 0.497 e. The Morgan fingerprint density at radius 3 is 2.38 bits per heavy atom. The second-order valence-corrected chi connectivity index (χ2v) is 5.71. The normalized spacial score (nSPS) is 11.3. The highest BCUT2D eigenvalue weighted by molar-refractivity contribution is 6.46. The number of benzene rings is 1. The third-order valence-electron chi connectivity index (χ3n) is 3.08. The van der Waals surface area contributed by atoms with Crippen molar-refractivity contribution in [1.29, 1.82) is 0 Å². The molecule has 0 saturated heterocycles. The number of hydrogen-bond donors (Lipinski definition) is 2. The number of hydrogen-bond acceptors (Lipinski definition) is 5. The van der Waals surface area contributed by atoms with Gasteiger partial charge in [0.15, 0.2) is 10.8 Å². The lowest BCUT2D eigenvalue weighted by molar-refractivity contribution is 0.0691. The van der Waals surface area contributed by atoms with Crippen molar-refractivity contribution < 1.29 is 14.6 Å². The molecule has 126 valence electrons. The third kappa shape index (κ3) is 3.90. The van der Waals surface area contributed by atoms with Crippen LogP contribution < -0.4 is 10.2 Å². The molecule has 9 heteroatoms. The second-order valence-electron chi connectivity index (χ2n) is 4.60. The molecule has 0 bridgehead atoms. The molecule has 2 N–H and O–H groups in total. The van der Waals surface area contributed by atoms with E-state index in [4.69, 9.17) is 44.6 Å². The molecule has 0 aliphatic rings. The summed E-state index contributed by atoms with van der Waals surface area (Å²) in [6, 6.07) is 7.23. The fourth-order valence-electron chi connectivity index (χ4n) is 1.79. The van der Waals surface area contributed by atoms with E-state index in [-0.39, 0.29) is 20.9 Å². The summed E-state index contributed by atoms with van der Waals surface area (Å²) in [7, 11) is 1.58. The van der Waals surface area contributed by atoms with Crippen LogP contribution in [0.4, 0.5) is 5.69 Å². The molecule has 6 nitrogen and oxygen atoms in total. The number of halogens is 3. The predicted molar refractivity (Wildman–Crippen MR) is 95.1 cm³/mol. The van der Waals surface area contributed by atoms with Crippen LogP contribution >= 0.6 is 34.8 Å². The number of nitrogens with zero attached hydrogens (tertiary/aromatic N) is 2. The van der Waals surface area contributed by atoms with E-state index in [0.29, 0.717) is 5.71 Å². The van der Waals surface area contributed by atoms with E-state index in [2.05, 4.69) is 15.5 Å². The van der Waals surface area contributed by atoms with Crippen molar-refractivity contribution in [2.75, 3.05) is 12.5 Å². The Balaban J connectivity index is 2.34. The van der Waals surface area contributed by atoms with Gasteiger partial charge in [0.05, 0.1) is 18.5 Å². The minimum absolute atomic E-state index is 0.0158. The number of pyridine rings is 1. The van der Waals surface area contributed by atoms with Gasteiger partial charge in [-0.05, 0) is 36.8 Å². The van der Waals surface area contributed by atoms with Crippen molar-refractivity contribution in [3.63, 3.8) is 0 Å². The van der Waals surface area contributed by atoms with Gasteiger partial charge in [0.2, 0.25) is 0 Å². The van der Waals surface area contributed by atoms with E-state index < -0.39 is 11.7 Å². The SMILES string of the molecule is COc1ccc(C(C)=NNc2c(Cl)c(Cl)nc(C(=O)O)c2Cl)cc1. The van der Waals surface area contributed by atoms with Crippen LogP contribution in [-0.4, -0.2) is 28.9 Å². The predicted octanol–water partition coefficient (Wildman–Crippen LogP) is 4.58. The molecule has 2 aromatic rings. The number of hydrazone groups is 1. The zero-order valence-electron chi connectivity index (χ0n) is 12.6. The first kappa shape index (κ1) is 18.3. The molecule has 0 saturated carbocycles. The van der Waals surface area contributed by atoms with Gasteiger partial charge < -0.3 is 9.84 Å².